The van der Waals surface area contributed by atoms with Crippen LogP contribution in [-0.4, -0.2) is 33.9 Å². The normalized spacial score (nSPS) is 10.4. The predicted octanol–water partition coefficient (Wildman–Crippen LogP) is 3.90. The highest BCUT2D eigenvalue weighted by atomic mass is 19.4. The van der Waals surface area contributed by atoms with Crippen LogP contribution >= 0.6 is 0 Å². The van der Waals surface area contributed by atoms with Crippen molar-refractivity contribution in [2.75, 3.05) is 33.2 Å². The van der Waals surface area contributed by atoms with E-state index in [0.717, 1.165) is 6.07 Å². The molecule has 0 spiro atoms. The number of rotatable bonds is 5. The van der Waals surface area contributed by atoms with E-state index in [9.17, 15) is 18.0 Å². The summed E-state index contributed by atoms with van der Waals surface area (Å²) in [7, 11) is 4.33. The number of anilines is 1. The van der Waals surface area contributed by atoms with Crippen molar-refractivity contribution in [2.24, 2.45) is 0 Å². The Balaban J connectivity index is 2.03. The summed E-state index contributed by atoms with van der Waals surface area (Å²) in [6.07, 6.45) is -4.50. The number of urea groups is 1. The van der Waals surface area contributed by atoms with Crippen LogP contribution in [0.25, 0.3) is 0 Å². The maximum atomic E-state index is 12.9. The minimum Gasteiger partial charge on any atom is -0.493 e. The summed E-state index contributed by atoms with van der Waals surface area (Å²) in [5, 5.41) is 5.01. The number of ether oxygens (including phenoxy) is 3. The Morgan fingerprint density at radius 1 is 1.03 bits per heavy atom. The Bertz CT molecular complexity index is 908. The van der Waals surface area contributed by atoms with Crippen LogP contribution in [0.4, 0.5) is 23.7 Å². The third-order valence-corrected chi connectivity index (χ3v) is 3.72. The highest BCUT2D eigenvalue weighted by Gasteiger charge is 2.32. The van der Waals surface area contributed by atoms with Gasteiger partial charge in [0.1, 0.15) is 0 Å². The molecular formula is C20H19F3N2O4. The number of hydrogen-bond acceptors (Lipinski definition) is 4. The molecular weight excluding hydrogens is 389 g/mol. The first-order valence-corrected chi connectivity index (χ1v) is 8.30. The topological polar surface area (TPSA) is 68.8 Å². The van der Waals surface area contributed by atoms with E-state index >= 15 is 0 Å². The van der Waals surface area contributed by atoms with Crippen molar-refractivity contribution in [1.29, 1.82) is 0 Å². The van der Waals surface area contributed by atoms with Crippen LogP contribution < -0.4 is 24.8 Å². The fourth-order valence-electron chi connectivity index (χ4n) is 2.43. The summed E-state index contributed by atoms with van der Waals surface area (Å²) in [5.74, 6) is 6.00. The molecule has 0 bridgehead atoms. The molecule has 0 fully saturated rings. The fraction of sp³-hybridized carbons (Fsp3) is 0.250. The molecule has 154 valence electrons. The number of hydrogen-bond donors (Lipinski definition) is 2. The van der Waals surface area contributed by atoms with E-state index in [2.05, 4.69) is 22.5 Å². The molecule has 2 aromatic carbocycles. The standard InChI is InChI=1S/C20H19F3N2O4/c1-27-16-11-14(12-17(28-2)18(16)29-3)25-19(26)24-10-6-8-13-7-4-5-9-15(13)20(21,22)23/h4-5,7,9,11-12H,10H2,1-3H3,(H2,24,25,26). The number of amides is 2. The van der Waals surface area contributed by atoms with E-state index in [1.54, 1.807) is 0 Å². The average molecular weight is 408 g/mol. The second kappa shape index (κ2) is 9.59. The summed E-state index contributed by atoms with van der Waals surface area (Å²) in [4.78, 5) is 12.0. The van der Waals surface area contributed by atoms with Crippen molar-refractivity contribution >= 4 is 11.7 Å². The van der Waals surface area contributed by atoms with Gasteiger partial charge in [-0.3, -0.25) is 0 Å². The van der Waals surface area contributed by atoms with Gasteiger partial charge in [0.15, 0.2) is 11.5 Å². The van der Waals surface area contributed by atoms with Gasteiger partial charge in [-0.1, -0.05) is 24.0 Å². The smallest absolute Gasteiger partial charge is 0.417 e. The number of alkyl halides is 3. The predicted molar refractivity (Wildman–Crippen MR) is 101 cm³/mol. The molecule has 0 heterocycles. The van der Waals surface area contributed by atoms with E-state index in [4.69, 9.17) is 14.2 Å². The second-order valence-electron chi connectivity index (χ2n) is 5.57. The Labute approximate surface area is 166 Å². The minimum atomic E-state index is -4.50. The van der Waals surface area contributed by atoms with Gasteiger partial charge < -0.3 is 24.8 Å². The summed E-state index contributed by atoms with van der Waals surface area (Å²) in [6.45, 7) is -0.150. The molecule has 0 aromatic heterocycles. The van der Waals surface area contributed by atoms with Gasteiger partial charge >= 0.3 is 12.2 Å². The highest BCUT2D eigenvalue weighted by molar-refractivity contribution is 5.90. The molecule has 9 heteroatoms. The van der Waals surface area contributed by atoms with Gasteiger partial charge in [-0.05, 0) is 12.1 Å². The van der Waals surface area contributed by atoms with Gasteiger partial charge in [-0.15, -0.1) is 0 Å². The number of benzene rings is 2. The van der Waals surface area contributed by atoms with E-state index in [1.165, 1.54) is 51.7 Å². The quantitative estimate of drug-likeness (QED) is 0.737. The zero-order valence-corrected chi connectivity index (χ0v) is 15.9. The molecule has 2 aromatic rings. The fourth-order valence-corrected chi connectivity index (χ4v) is 2.43. The summed E-state index contributed by atoms with van der Waals surface area (Å²) < 4.78 is 54.4. The number of methoxy groups -OCH3 is 3. The van der Waals surface area contributed by atoms with Gasteiger partial charge in [-0.2, -0.15) is 13.2 Å². The number of nitrogens with one attached hydrogen (secondary N) is 2. The van der Waals surface area contributed by atoms with Gasteiger partial charge in [-0.25, -0.2) is 4.79 Å². The van der Waals surface area contributed by atoms with E-state index < -0.39 is 17.8 Å². The number of carbonyl (C=O) groups is 1. The molecule has 0 aliphatic heterocycles. The molecule has 6 nitrogen and oxygen atoms in total. The second-order valence-corrected chi connectivity index (χ2v) is 5.57. The van der Waals surface area contributed by atoms with Crippen molar-refractivity contribution in [1.82, 2.24) is 5.32 Å². The number of halogens is 3. The Morgan fingerprint density at radius 2 is 1.66 bits per heavy atom. The molecule has 2 amide bonds. The van der Waals surface area contributed by atoms with Gasteiger partial charge in [0.05, 0.1) is 39.1 Å². The highest BCUT2D eigenvalue weighted by Crippen LogP contribution is 2.39. The third kappa shape index (κ3) is 5.72. The maximum absolute atomic E-state index is 12.9. The maximum Gasteiger partial charge on any atom is 0.417 e. The summed E-state index contributed by atoms with van der Waals surface area (Å²) >= 11 is 0. The van der Waals surface area contributed by atoms with Crippen LogP contribution in [0.3, 0.4) is 0 Å². The largest absolute Gasteiger partial charge is 0.493 e. The SMILES string of the molecule is COc1cc(NC(=O)NCC#Cc2ccccc2C(F)(F)F)cc(OC)c1OC. The first-order chi connectivity index (χ1) is 13.8. The number of carbonyl (C=O) groups excluding carboxylic acids is 1. The van der Waals surface area contributed by atoms with Crippen molar-refractivity contribution in [3.63, 3.8) is 0 Å². The van der Waals surface area contributed by atoms with Gasteiger partial charge in [0, 0.05) is 17.7 Å². The lowest BCUT2D eigenvalue weighted by molar-refractivity contribution is -0.137. The van der Waals surface area contributed by atoms with Crippen LogP contribution in [0.5, 0.6) is 17.2 Å². The van der Waals surface area contributed by atoms with Crippen molar-refractivity contribution in [3.8, 4) is 29.1 Å². The van der Waals surface area contributed by atoms with Gasteiger partial charge in [0.25, 0.3) is 0 Å². The Morgan fingerprint density at radius 3 is 2.21 bits per heavy atom. The molecule has 0 radical (unpaired) electrons. The molecule has 0 aliphatic carbocycles. The first-order valence-electron chi connectivity index (χ1n) is 8.30. The minimum absolute atomic E-state index is 0.150. The van der Waals surface area contributed by atoms with Crippen molar-refractivity contribution < 1.29 is 32.2 Å². The zero-order chi connectivity index (χ0) is 21.4. The van der Waals surface area contributed by atoms with Crippen molar-refractivity contribution in [3.05, 3.63) is 47.5 Å². The molecule has 0 saturated heterocycles. The van der Waals surface area contributed by atoms with E-state index in [1.807, 2.05) is 0 Å². The van der Waals surface area contributed by atoms with Crippen molar-refractivity contribution in [2.45, 2.75) is 6.18 Å². The Hall–Kier alpha value is -3.54. The van der Waals surface area contributed by atoms with E-state index in [-0.39, 0.29) is 12.1 Å². The lowest BCUT2D eigenvalue weighted by Gasteiger charge is -2.14. The van der Waals surface area contributed by atoms with E-state index in [0.29, 0.717) is 22.9 Å². The van der Waals surface area contributed by atoms with Crippen LogP contribution in [0.15, 0.2) is 36.4 Å². The zero-order valence-electron chi connectivity index (χ0n) is 15.9. The lowest BCUT2D eigenvalue weighted by atomic mass is 10.1. The van der Waals surface area contributed by atoms with Crippen LogP contribution in [0.2, 0.25) is 0 Å². The molecule has 0 atom stereocenters. The first kappa shape index (κ1) is 21.8. The average Bonchev–Trinajstić information content (AvgIpc) is 2.69. The molecule has 0 saturated carbocycles. The van der Waals surface area contributed by atoms with Crippen LogP contribution in [0, 0.1) is 11.8 Å². The summed E-state index contributed by atoms with van der Waals surface area (Å²) in [5.41, 5.74) is -0.617. The molecule has 29 heavy (non-hydrogen) atoms. The molecule has 2 rings (SSSR count). The molecule has 0 aliphatic rings. The van der Waals surface area contributed by atoms with Crippen LogP contribution in [0.1, 0.15) is 11.1 Å². The Kier molecular flexibility index (Phi) is 7.20. The third-order valence-electron chi connectivity index (χ3n) is 3.72. The monoisotopic (exact) mass is 408 g/mol. The van der Waals surface area contributed by atoms with Crippen LogP contribution in [-0.2, 0) is 6.18 Å². The summed E-state index contributed by atoms with van der Waals surface area (Å²) in [6, 6.07) is 7.44. The molecule has 0 unspecified atom stereocenters. The van der Waals surface area contributed by atoms with Gasteiger partial charge in [0.2, 0.25) is 5.75 Å². The lowest BCUT2D eigenvalue weighted by Crippen LogP contribution is -2.29. The molecule has 2 N–H and O–H groups in total.